The lowest BCUT2D eigenvalue weighted by Crippen LogP contribution is -2.01. The number of nitrogens with zero attached hydrogens (tertiary/aromatic N) is 1. The summed E-state index contributed by atoms with van der Waals surface area (Å²) in [5, 5.41) is 11.2. The van der Waals surface area contributed by atoms with Gasteiger partial charge in [0.1, 0.15) is 5.15 Å². The molecule has 1 N–H and O–H groups in total. The molecule has 0 spiro atoms. The first kappa shape index (κ1) is 13.2. The summed E-state index contributed by atoms with van der Waals surface area (Å²) < 4.78 is 2.08. The van der Waals surface area contributed by atoms with Gasteiger partial charge in [-0.3, -0.25) is 0 Å². The van der Waals surface area contributed by atoms with Crippen molar-refractivity contribution in [3.63, 3.8) is 0 Å². The summed E-state index contributed by atoms with van der Waals surface area (Å²) in [5.74, 6) is 0. The van der Waals surface area contributed by atoms with Crippen LogP contribution in [-0.2, 0) is 19.6 Å². The molecule has 0 unspecified atom stereocenters. The van der Waals surface area contributed by atoms with E-state index in [-0.39, 0.29) is 6.61 Å². The van der Waals surface area contributed by atoms with E-state index in [4.69, 9.17) is 11.6 Å². The van der Waals surface area contributed by atoms with Gasteiger partial charge in [0.05, 0.1) is 6.61 Å². The molecule has 0 aliphatic rings. The molecule has 0 aliphatic carbocycles. The second-order valence-electron chi connectivity index (χ2n) is 4.83. The highest BCUT2D eigenvalue weighted by Gasteiger charge is 2.14. The first-order valence-corrected chi connectivity index (χ1v) is 7.09. The van der Waals surface area contributed by atoms with E-state index in [1.807, 2.05) is 42.5 Å². The van der Waals surface area contributed by atoms with Gasteiger partial charge in [0.25, 0.3) is 0 Å². The molecule has 102 valence electrons. The SMILES string of the molecule is OCc1c(Cl)n(CCc2ccccc2)c2ccccc12. The predicted octanol–water partition coefficient (Wildman–Crippen LogP) is 4.03. The lowest BCUT2D eigenvalue weighted by atomic mass is 10.1. The Balaban J connectivity index is 1.97. The van der Waals surface area contributed by atoms with Crippen molar-refractivity contribution in [2.75, 3.05) is 0 Å². The highest BCUT2D eigenvalue weighted by Crippen LogP contribution is 2.30. The second kappa shape index (κ2) is 5.70. The molecule has 2 nitrogen and oxygen atoms in total. The summed E-state index contributed by atoms with van der Waals surface area (Å²) in [7, 11) is 0. The molecule has 0 aliphatic heterocycles. The fraction of sp³-hybridized carbons (Fsp3) is 0.176. The van der Waals surface area contributed by atoms with Crippen LogP contribution < -0.4 is 0 Å². The van der Waals surface area contributed by atoms with Crippen molar-refractivity contribution in [2.24, 2.45) is 0 Å². The third-order valence-electron chi connectivity index (χ3n) is 3.63. The van der Waals surface area contributed by atoms with Gasteiger partial charge in [-0.2, -0.15) is 0 Å². The zero-order valence-corrected chi connectivity index (χ0v) is 11.8. The number of aromatic nitrogens is 1. The summed E-state index contributed by atoms with van der Waals surface area (Å²) in [4.78, 5) is 0. The van der Waals surface area contributed by atoms with Crippen LogP contribution >= 0.6 is 11.6 Å². The van der Waals surface area contributed by atoms with E-state index in [0.29, 0.717) is 5.15 Å². The zero-order chi connectivity index (χ0) is 13.9. The van der Waals surface area contributed by atoms with Gasteiger partial charge in [-0.1, -0.05) is 60.1 Å². The van der Waals surface area contributed by atoms with Crippen molar-refractivity contribution < 1.29 is 5.11 Å². The average molecular weight is 286 g/mol. The van der Waals surface area contributed by atoms with E-state index in [2.05, 4.69) is 16.7 Å². The molecule has 3 heteroatoms. The number of halogens is 1. The fourth-order valence-electron chi connectivity index (χ4n) is 2.60. The highest BCUT2D eigenvalue weighted by molar-refractivity contribution is 6.32. The van der Waals surface area contributed by atoms with E-state index in [9.17, 15) is 5.11 Å². The van der Waals surface area contributed by atoms with E-state index < -0.39 is 0 Å². The van der Waals surface area contributed by atoms with E-state index >= 15 is 0 Å². The number of aryl methyl sites for hydroxylation is 2. The molecular weight excluding hydrogens is 270 g/mol. The molecule has 1 heterocycles. The van der Waals surface area contributed by atoms with Crippen molar-refractivity contribution in [1.29, 1.82) is 0 Å². The Morgan fingerprint density at radius 3 is 2.40 bits per heavy atom. The monoisotopic (exact) mass is 285 g/mol. The molecular formula is C17H16ClNO. The highest BCUT2D eigenvalue weighted by atomic mass is 35.5. The number of fused-ring (bicyclic) bond motifs is 1. The van der Waals surface area contributed by atoms with Crippen LogP contribution in [0.5, 0.6) is 0 Å². The Morgan fingerprint density at radius 1 is 0.950 bits per heavy atom. The molecule has 0 saturated carbocycles. The quantitative estimate of drug-likeness (QED) is 0.769. The van der Waals surface area contributed by atoms with Gasteiger partial charge in [0, 0.05) is 23.0 Å². The first-order valence-electron chi connectivity index (χ1n) is 6.71. The minimum atomic E-state index is -0.0301. The number of benzene rings is 2. The standard InChI is InChI=1S/C17H16ClNO/c18-17-15(12-20)14-8-4-5-9-16(14)19(17)11-10-13-6-2-1-3-7-13/h1-9,20H,10-12H2. The van der Waals surface area contributed by atoms with Gasteiger partial charge in [-0.25, -0.2) is 0 Å². The molecule has 3 aromatic rings. The number of aliphatic hydroxyl groups excluding tert-OH is 1. The van der Waals surface area contributed by atoms with Crippen molar-refractivity contribution in [1.82, 2.24) is 4.57 Å². The molecule has 0 saturated heterocycles. The van der Waals surface area contributed by atoms with Gasteiger partial charge in [-0.05, 0) is 18.1 Å². The molecule has 0 atom stereocenters. The lowest BCUT2D eigenvalue weighted by molar-refractivity contribution is 0.283. The largest absolute Gasteiger partial charge is 0.392 e. The number of hydrogen-bond acceptors (Lipinski definition) is 1. The van der Waals surface area contributed by atoms with Crippen molar-refractivity contribution in [3.8, 4) is 0 Å². The van der Waals surface area contributed by atoms with Gasteiger partial charge in [0.15, 0.2) is 0 Å². The van der Waals surface area contributed by atoms with Crippen LogP contribution in [0.4, 0.5) is 0 Å². The van der Waals surface area contributed by atoms with E-state index in [1.165, 1.54) is 5.56 Å². The van der Waals surface area contributed by atoms with Gasteiger partial charge in [-0.15, -0.1) is 0 Å². The first-order chi connectivity index (χ1) is 9.81. The van der Waals surface area contributed by atoms with Crippen LogP contribution in [0.15, 0.2) is 54.6 Å². The maximum absolute atomic E-state index is 9.52. The third-order valence-corrected chi connectivity index (χ3v) is 4.06. The molecule has 3 rings (SSSR count). The molecule has 0 bridgehead atoms. The summed E-state index contributed by atoms with van der Waals surface area (Å²) in [5.41, 5.74) is 3.18. The molecule has 0 radical (unpaired) electrons. The molecule has 0 amide bonds. The van der Waals surface area contributed by atoms with Crippen molar-refractivity contribution in [3.05, 3.63) is 70.9 Å². The van der Waals surface area contributed by atoms with Crippen LogP contribution in [-0.4, -0.2) is 9.67 Å². The normalized spacial score (nSPS) is 11.1. The summed E-state index contributed by atoms with van der Waals surface area (Å²) in [6, 6.07) is 18.4. The number of rotatable bonds is 4. The zero-order valence-electron chi connectivity index (χ0n) is 11.1. The Labute approximate surface area is 123 Å². The van der Waals surface area contributed by atoms with Gasteiger partial charge >= 0.3 is 0 Å². The minimum Gasteiger partial charge on any atom is -0.392 e. The maximum atomic E-state index is 9.52. The Kier molecular flexibility index (Phi) is 3.77. The predicted molar refractivity (Wildman–Crippen MR) is 83.0 cm³/mol. The number of para-hydroxylation sites is 1. The maximum Gasteiger partial charge on any atom is 0.115 e. The average Bonchev–Trinajstić information content (AvgIpc) is 2.77. The Hall–Kier alpha value is -1.77. The topological polar surface area (TPSA) is 25.2 Å². The minimum absolute atomic E-state index is 0.0301. The van der Waals surface area contributed by atoms with Crippen molar-refractivity contribution >= 4 is 22.5 Å². The van der Waals surface area contributed by atoms with Gasteiger partial charge in [0.2, 0.25) is 0 Å². The van der Waals surface area contributed by atoms with Crippen molar-refractivity contribution in [2.45, 2.75) is 19.6 Å². The van der Waals surface area contributed by atoms with Gasteiger partial charge < -0.3 is 9.67 Å². The van der Waals surface area contributed by atoms with Crippen LogP contribution in [0, 0.1) is 0 Å². The molecule has 0 fully saturated rings. The summed E-state index contributed by atoms with van der Waals surface area (Å²) in [6.45, 7) is 0.779. The second-order valence-corrected chi connectivity index (χ2v) is 5.19. The van der Waals surface area contributed by atoms with E-state index in [1.54, 1.807) is 0 Å². The third kappa shape index (κ3) is 2.33. The Morgan fingerprint density at radius 2 is 1.65 bits per heavy atom. The number of hydrogen-bond donors (Lipinski definition) is 1. The smallest absolute Gasteiger partial charge is 0.115 e. The summed E-state index contributed by atoms with van der Waals surface area (Å²) >= 11 is 6.42. The fourth-order valence-corrected chi connectivity index (χ4v) is 2.94. The van der Waals surface area contributed by atoms with Crippen LogP contribution in [0.25, 0.3) is 10.9 Å². The molecule has 2 aromatic carbocycles. The van der Waals surface area contributed by atoms with Crippen LogP contribution in [0.3, 0.4) is 0 Å². The molecule has 20 heavy (non-hydrogen) atoms. The molecule has 1 aromatic heterocycles. The summed E-state index contributed by atoms with van der Waals surface area (Å²) in [6.07, 6.45) is 0.921. The van der Waals surface area contributed by atoms with Crippen LogP contribution in [0.1, 0.15) is 11.1 Å². The van der Waals surface area contributed by atoms with E-state index in [0.717, 1.165) is 29.4 Å². The van der Waals surface area contributed by atoms with Crippen LogP contribution in [0.2, 0.25) is 5.15 Å². The lowest BCUT2D eigenvalue weighted by Gasteiger charge is -2.07. The Bertz CT molecular complexity index is 718. The number of aliphatic hydroxyl groups is 1.